The van der Waals surface area contributed by atoms with Gasteiger partial charge in [0.05, 0.1) is 11.8 Å². The topological polar surface area (TPSA) is 34.4 Å². The Labute approximate surface area is 313 Å². The molecule has 1 aliphatic rings. The van der Waals surface area contributed by atoms with E-state index in [2.05, 4.69) is 153 Å². The summed E-state index contributed by atoms with van der Waals surface area (Å²) < 4.78 is 4.50. The quantitative estimate of drug-likeness (QED) is 0.0965. The van der Waals surface area contributed by atoms with Crippen LogP contribution in [0.2, 0.25) is 0 Å². The van der Waals surface area contributed by atoms with Crippen LogP contribution in [0.25, 0.3) is 27.8 Å². The Hall–Kier alpha value is -4.15. The third-order valence-corrected chi connectivity index (χ3v) is 9.91. The Morgan fingerprint density at radius 2 is 1.12 bits per heavy atom. The molecule has 5 aromatic carbocycles. The number of hydrogen-bond acceptors (Lipinski definition) is 1. The molecule has 0 amide bonds. The first-order chi connectivity index (χ1) is 23.7. The summed E-state index contributed by atoms with van der Waals surface area (Å²) in [4.78, 5) is 9.01. The minimum absolute atomic E-state index is 0. The minimum atomic E-state index is 0. The smallest absolute Gasteiger partial charge is 0.238 e. The predicted molar refractivity (Wildman–Crippen MR) is 211 cm³/mol. The molecule has 1 aliphatic heterocycles. The van der Waals surface area contributed by atoms with Gasteiger partial charge in [-0.25, -0.2) is 0 Å². The molecule has 0 bridgehead atoms. The van der Waals surface area contributed by atoms with Gasteiger partial charge < -0.3 is 18.9 Å². The molecule has 0 N–H and O–H groups in total. The molecule has 7 aromatic rings. The SMILES string of the molecule is CC(C)c1cccc(C(C)C)c1B1[C-]=[N+](c2c(C(C)C)cccc2C(C)C)c2ccccc21.[Ag].c1ccc2c(c1)nc1[n-]c3ccccc3n12. The summed E-state index contributed by atoms with van der Waals surface area (Å²) in [5.41, 5.74) is 15.3. The van der Waals surface area contributed by atoms with Crippen LogP contribution >= 0.6 is 0 Å². The normalized spacial score (nSPS) is 12.6. The predicted octanol–water partition coefficient (Wildman–Crippen LogP) is 9.72. The minimum Gasteiger partial charge on any atom is -0.366 e. The molecule has 0 fully saturated rings. The summed E-state index contributed by atoms with van der Waals surface area (Å²) in [5.74, 6) is 2.61. The van der Waals surface area contributed by atoms with Crippen LogP contribution in [0.3, 0.4) is 0 Å². The fraction of sp³-hybridized carbons (Fsp3) is 0.273. The average molecular weight is 750 g/mol. The Morgan fingerprint density at radius 3 is 1.74 bits per heavy atom. The van der Waals surface area contributed by atoms with Crippen molar-refractivity contribution in [1.29, 1.82) is 0 Å². The average Bonchev–Trinajstić information content (AvgIpc) is 3.77. The van der Waals surface area contributed by atoms with E-state index in [-0.39, 0.29) is 29.1 Å². The van der Waals surface area contributed by atoms with Crippen LogP contribution in [0, 0.1) is 0 Å². The molecule has 1 radical (unpaired) electrons. The molecule has 8 rings (SSSR count). The van der Waals surface area contributed by atoms with E-state index in [1.165, 1.54) is 44.6 Å². The van der Waals surface area contributed by atoms with Crippen molar-refractivity contribution in [3.8, 4) is 0 Å². The Kier molecular flexibility index (Phi) is 10.4. The van der Waals surface area contributed by atoms with Gasteiger partial charge in [-0.05, 0) is 40.9 Å². The molecule has 0 saturated heterocycles. The number of nitrogens with zero attached hydrogens (tertiary/aromatic N) is 4. The molecule has 50 heavy (non-hydrogen) atoms. The standard InChI is InChI=1S/C31H38BN.C13H8N3.Ag/c1-20(2)24-13-11-14-25(21(3)4)30(24)32-19-33(29-18-10-9-17-28(29)32)31-26(22(5)6)15-12-16-27(31)23(7)8;1-3-7-11-9(5-1)14-13-15-10-6-2-4-8-12(10)16(11)13;/h9-18,20-23H,1-8H3;1-8H;/q;-1;. The third-order valence-electron chi connectivity index (χ3n) is 9.91. The van der Waals surface area contributed by atoms with Crippen molar-refractivity contribution in [2.45, 2.75) is 79.1 Å². The van der Waals surface area contributed by atoms with E-state index in [4.69, 9.17) is 0 Å². The molecule has 2 aromatic heterocycles. The summed E-state index contributed by atoms with van der Waals surface area (Å²) in [5, 5.41) is 0. The number of rotatable bonds is 6. The van der Waals surface area contributed by atoms with Crippen LogP contribution in [-0.4, -0.2) is 22.2 Å². The number of para-hydroxylation sites is 6. The summed E-state index contributed by atoms with van der Waals surface area (Å²) >= 11 is 0. The molecule has 0 saturated carbocycles. The molecule has 0 aliphatic carbocycles. The maximum Gasteiger partial charge on any atom is 0.238 e. The van der Waals surface area contributed by atoms with E-state index in [0.29, 0.717) is 23.7 Å². The number of aromatic nitrogens is 3. The van der Waals surface area contributed by atoms with Gasteiger partial charge in [0.2, 0.25) is 6.71 Å². The van der Waals surface area contributed by atoms with Gasteiger partial charge in [0, 0.05) is 50.2 Å². The van der Waals surface area contributed by atoms with E-state index in [1.807, 2.05) is 36.4 Å². The fourth-order valence-corrected chi connectivity index (χ4v) is 7.50. The van der Waals surface area contributed by atoms with Crippen LogP contribution in [0.15, 0.2) is 109 Å². The van der Waals surface area contributed by atoms with Gasteiger partial charge in [-0.1, -0.05) is 181 Å². The van der Waals surface area contributed by atoms with E-state index >= 15 is 0 Å². The molecule has 0 atom stereocenters. The molecule has 257 valence electrons. The Morgan fingerprint density at radius 1 is 0.600 bits per heavy atom. The molecule has 0 spiro atoms. The van der Waals surface area contributed by atoms with Gasteiger partial charge >= 0.3 is 0 Å². The second-order valence-electron chi connectivity index (χ2n) is 14.5. The van der Waals surface area contributed by atoms with Crippen molar-refractivity contribution >= 4 is 63.0 Å². The second kappa shape index (κ2) is 14.6. The third kappa shape index (κ3) is 6.32. The molecule has 3 heterocycles. The van der Waals surface area contributed by atoms with E-state index in [0.717, 1.165) is 27.8 Å². The second-order valence-corrected chi connectivity index (χ2v) is 14.5. The molecular formula is C44H46AgBN4-. The molecule has 4 nitrogen and oxygen atoms in total. The maximum atomic E-state index is 4.50. The first-order valence-corrected chi connectivity index (χ1v) is 17.8. The zero-order chi connectivity index (χ0) is 34.4. The molecule has 0 unspecified atom stereocenters. The van der Waals surface area contributed by atoms with Crippen molar-refractivity contribution in [3.63, 3.8) is 0 Å². The monoisotopic (exact) mass is 748 g/mol. The summed E-state index contributed by atoms with van der Waals surface area (Å²) in [6.07, 6.45) is 4.00. The summed E-state index contributed by atoms with van der Waals surface area (Å²) in [6, 6.07) is 38.8. The van der Waals surface area contributed by atoms with Crippen LogP contribution < -0.4 is 20.5 Å². The molecule has 6 heteroatoms. The largest absolute Gasteiger partial charge is 0.366 e. The maximum absolute atomic E-state index is 4.50. The van der Waals surface area contributed by atoms with Gasteiger partial charge in [0.1, 0.15) is 5.69 Å². The van der Waals surface area contributed by atoms with E-state index in [1.54, 1.807) is 0 Å². The Balaban J connectivity index is 0.000000210. The number of hydrogen-bond donors (Lipinski definition) is 0. The summed E-state index contributed by atoms with van der Waals surface area (Å²) in [6.45, 7) is 18.6. The van der Waals surface area contributed by atoms with Crippen molar-refractivity contribution in [3.05, 3.63) is 131 Å². The van der Waals surface area contributed by atoms with Crippen LogP contribution in [0.5, 0.6) is 0 Å². The van der Waals surface area contributed by atoms with E-state index in [9.17, 15) is 0 Å². The van der Waals surface area contributed by atoms with Crippen molar-refractivity contribution in [2.24, 2.45) is 0 Å². The molecular weight excluding hydrogens is 703 g/mol. The Bertz CT molecular complexity index is 2210. The van der Waals surface area contributed by atoms with Crippen molar-refractivity contribution in [1.82, 2.24) is 18.9 Å². The van der Waals surface area contributed by atoms with Gasteiger partial charge in [-0.2, -0.15) is 0 Å². The first-order valence-electron chi connectivity index (χ1n) is 17.8. The van der Waals surface area contributed by atoms with Gasteiger partial charge in [0.15, 0.2) is 0 Å². The number of fused-ring (bicyclic) bond motifs is 6. The van der Waals surface area contributed by atoms with Crippen LogP contribution in [0.1, 0.15) is 101 Å². The van der Waals surface area contributed by atoms with Gasteiger partial charge in [-0.15, -0.1) is 0 Å². The number of imidazole rings is 2. The van der Waals surface area contributed by atoms with Crippen LogP contribution in [0.4, 0.5) is 11.4 Å². The van der Waals surface area contributed by atoms with Gasteiger partial charge in [-0.3, -0.25) is 0 Å². The van der Waals surface area contributed by atoms with Crippen molar-refractivity contribution in [2.75, 3.05) is 0 Å². The van der Waals surface area contributed by atoms with Crippen molar-refractivity contribution < 1.29 is 22.4 Å². The zero-order valence-corrected chi connectivity index (χ0v) is 31.9. The van der Waals surface area contributed by atoms with Gasteiger partial charge in [0.25, 0.3) is 0 Å². The summed E-state index contributed by atoms with van der Waals surface area (Å²) in [7, 11) is 0. The fourth-order valence-electron chi connectivity index (χ4n) is 7.50. The number of benzene rings is 5. The van der Waals surface area contributed by atoms with E-state index < -0.39 is 0 Å². The zero-order valence-electron chi connectivity index (χ0n) is 30.4. The van der Waals surface area contributed by atoms with Crippen LogP contribution in [-0.2, 0) is 22.4 Å². The first kappa shape index (κ1) is 35.7.